The molecule has 1 N–H and O–H groups in total. The Labute approximate surface area is 113 Å². The molecular formula is C11H20N4O3S. The Bertz CT molecular complexity index is 528. The van der Waals surface area contributed by atoms with Gasteiger partial charge in [-0.25, -0.2) is 8.42 Å². The van der Waals surface area contributed by atoms with Gasteiger partial charge in [0.05, 0.1) is 17.5 Å². The van der Waals surface area contributed by atoms with Crippen LogP contribution in [0.5, 0.6) is 0 Å². The first-order chi connectivity index (χ1) is 8.93. The number of nitrogens with zero attached hydrogens (tertiary/aromatic N) is 3. The van der Waals surface area contributed by atoms with Crippen LogP contribution in [-0.4, -0.2) is 49.8 Å². The zero-order valence-electron chi connectivity index (χ0n) is 11.5. The molecule has 108 valence electrons. The summed E-state index contributed by atoms with van der Waals surface area (Å²) in [5, 5.41) is 11.2. The molecule has 1 aliphatic rings. The Kier molecular flexibility index (Phi) is 4.10. The van der Waals surface area contributed by atoms with E-state index in [1.807, 2.05) is 13.8 Å². The van der Waals surface area contributed by atoms with Gasteiger partial charge < -0.3 is 14.6 Å². The van der Waals surface area contributed by atoms with Crippen molar-refractivity contribution in [2.45, 2.75) is 32.4 Å². The van der Waals surface area contributed by atoms with Crippen molar-refractivity contribution in [3.8, 4) is 0 Å². The first-order valence-electron chi connectivity index (χ1n) is 6.43. The molecule has 2 rings (SSSR count). The zero-order valence-corrected chi connectivity index (χ0v) is 12.3. The Hall–Kier alpha value is -1.15. The molecule has 7 nitrogen and oxygen atoms in total. The van der Waals surface area contributed by atoms with Crippen LogP contribution >= 0.6 is 0 Å². The van der Waals surface area contributed by atoms with E-state index >= 15 is 0 Å². The summed E-state index contributed by atoms with van der Waals surface area (Å²) < 4.78 is 28.5. The van der Waals surface area contributed by atoms with E-state index in [1.54, 1.807) is 11.9 Å². The standard InChI is InChI=1S/C11H20N4O3S/c1-4-12-8(2)10-13-14-11(18-10)15(3)9-5-6-19(16,17)7-9/h8-9,12H,4-7H2,1-3H3. The van der Waals surface area contributed by atoms with Gasteiger partial charge in [0, 0.05) is 13.1 Å². The van der Waals surface area contributed by atoms with E-state index < -0.39 is 9.84 Å². The van der Waals surface area contributed by atoms with Gasteiger partial charge in [0.15, 0.2) is 9.84 Å². The minimum atomic E-state index is -2.91. The highest BCUT2D eigenvalue weighted by Crippen LogP contribution is 2.23. The molecule has 19 heavy (non-hydrogen) atoms. The molecule has 1 aromatic heterocycles. The lowest BCUT2D eigenvalue weighted by atomic mass is 10.2. The van der Waals surface area contributed by atoms with Crippen molar-refractivity contribution in [3.05, 3.63) is 5.89 Å². The lowest BCUT2D eigenvalue weighted by Crippen LogP contribution is -2.32. The molecule has 1 saturated heterocycles. The Balaban J connectivity index is 2.06. The highest BCUT2D eigenvalue weighted by Gasteiger charge is 2.32. The van der Waals surface area contributed by atoms with Gasteiger partial charge in [0.1, 0.15) is 0 Å². The van der Waals surface area contributed by atoms with Crippen molar-refractivity contribution >= 4 is 15.9 Å². The molecule has 2 unspecified atom stereocenters. The maximum atomic E-state index is 11.5. The molecule has 1 aromatic rings. The third kappa shape index (κ3) is 3.24. The lowest BCUT2D eigenvalue weighted by molar-refractivity contribution is 0.417. The highest BCUT2D eigenvalue weighted by atomic mass is 32.2. The SMILES string of the molecule is CCNC(C)c1nnc(N(C)C2CCS(=O)(=O)C2)o1. The normalized spacial score (nSPS) is 23.4. The van der Waals surface area contributed by atoms with Crippen LogP contribution in [0.1, 0.15) is 32.2 Å². The number of hydrogen-bond donors (Lipinski definition) is 1. The second-order valence-electron chi connectivity index (χ2n) is 4.87. The summed E-state index contributed by atoms with van der Waals surface area (Å²) in [4.78, 5) is 1.76. The van der Waals surface area contributed by atoms with Gasteiger partial charge in [-0.15, -0.1) is 5.10 Å². The minimum absolute atomic E-state index is 0.00744. The van der Waals surface area contributed by atoms with E-state index in [4.69, 9.17) is 4.42 Å². The summed E-state index contributed by atoms with van der Waals surface area (Å²) in [5.74, 6) is 0.908. The monoisotopic (exact) mass is 288 g/mol. The third-order valence-electron chi connectivity index (χ3n) is 3.37. The largest absolute Gasteiger partial charge is 0.406 e. The maximum absolute atomic E-state index is 11.5. The van der Waals surface area contributed by atoms with Gasteiger partial charge in [-0.1, -0.05) is 12.0 Å². The predicted octanol–water partition coefficient (Wildman–Crippen LogP) is 0.363. The number of aromatic nitrogens is 2. The van der Waals surface area contributed by atoms with E-state index in [1.165, 1.54) is 0 Å². The summed E-state index contributed by atoms with van der Waals surface area (Å²) in [7, 11) is -1.12. The third-order valence-corrected chi connectivity index (χ3v) is 5.12. The van der Waals surface area contributed by atoms with Crippen molar-refractivity contribution in [1.82, 2.24) is 15.5 Å². The van der Waals surface area contributed by atoms with Crippen molar-refractivity contribution in [3.63, 3.8) is 0 Å². The molecule has 8 heteroatoms. The van der Waals surface area contributed by atoms with Gasteiger partial charge in [0.2, 0.25) is 5.89 Å². The molecule has 0 aromatic carbocycles. The minimum Gasteiger partial charge on any atom is -0.406 e. The zero-order chi connectivity index (χ0) is 14.0. The predicted molar refractivity (Wildman–Crippen MR) is 71.9 cm³/mol. The Morgan fingerprint density at radius 1 is 1.53 bits per heavy atom. The number of rotatable bonds is 5. The van der Waals surface area contributed by atoms with Crippen molar-refractivity contribution in [2.24, 2.45) is 0 Å². The van der Waals surface area contributed by atoms with Crippen LogP contribution in [0.4, 0.5) is 6.01 Å². The van der Waals surface area contributed by atoms with Gasteiger partial charge in [-0.2, -0.15) is 0 Å². The fraction of sp³-hybridized carbons (Fsp3) is 0.818. The molecule has 0 aliphatic carbocycles. The molecule has 2 atom stereocenters. The Morgan fingerprint density at radius 3 is 2.84 bits per heavy atom. The summed E-state index contributed by atoms with van der Waals surface area (Å²) in [6.07, 6.45) is 0.610. The topological polar surface area (TPSA) is 88.3 Å². The van der Waals surface area contributed by atoms with Crippen LogP contribution in [0.15, 0.2) is 4.42 Å². The molecular weight excluding hydrogens is 268 g/mol. The maximum Gasteiger partial charge on any atom is 0.318 e. The van der Waals surface area contributed by atoms with E-state index in [9.17, 15) is 8.42 Å². The van der Waals surface area contributed by atoms with Gasteiger partial charge in [-0.05, 0) is 19.9 Å². The average Bonchev–Trinajstić information content (AvgIpc) is 2.95. The number of sulfone groups is 1. The molecule has 0 radical (unpaired) electrons. The van der Waals surface area contributed by atoms with Gasteiger partial charge in [-0.3, -0.25) is 0 Å². The van der Waals surface area contributed by atoms with Crippen LogP contribution in [0.25, 0.3) is 0 Å². The van der Waals surface area contributed by atoms with Crippen molar-refractivity contribution in [1.29, 1.82) is 0 Å². The van der Waals surface area contributed by atoms with Gasteiger partial charge >= 0.3 is 6.01 Å². The van der Waals surface area contributed by atoms with Crippen molar-refractivity contribution in [2.75, 3.05) is 30.0 Å². The molecule has 1 aliphatic heterocycles. The molecule has 0 spiro atoms. The quantitative estimate of drug-likeness (QED) is 0.837. The average molecular weight is 288 g/mol. The fourth-order valence-corrected chi connectivity index (χ4v) is 3.95. The molecule has 0 amide bonds. The van der Waals surface area contributed by atoms with E-state index in [0.29, 0.717) is 18.3 Å². The second kappa shape index (κ2) is 5.46. The first kappa shape index (κ1) is 14.3. The highest BCUT2D eigenvalue weighted by molar-refractivity contribution is 7.91. The van der Waals surface area contributed by atoms with Crippen molar-refractivity contribution < 1.29 is 12.8 Å². The molecule has 0 bridgehead atoms. The number of hydrogen-bond acceptors (Lipinski definition) is 7. The molecule has 1 fully saturated rings. The first-order valence-corrected chi connectivity index (χ1v) is 8.25. The van der Waals surface area contributed by atoms with E-state index in [0.717, 1.165) is 6.54 Å². The van der Waals surface area contributed by atoms with Crippen LogP contribution < -0.4 is 10.2 Å². The number of nitrogens with one attached hydrogen (secondary N) is 1. The molecule has 2 heterocycles. The van der Waals surface area contributed by atoms with Gasteiger partial charge in [0.25, 0.3) is 0 Å². The van der Waals surface area contributed by atoms with Crippen LogP contribution in [0.3, 0.4) is 0 Å². The Morgan fingerprint density at radius 2 is 2.26 bits per heavy atom. The lowest BCUT2D eigenvalue weighted by Gasteiger charge is -2.20. The smallest absolute Gasteiger partial charge is 0.318 e. The number of anilines is 1. The summed E-state index contributed by atoms with van der Waals surface area (Å²) in [6.45, 7) is 4.76. The van der Waals surface area contributed by atoms with E-state index in [-0.39, 0.29) is 23.6 Å². The summed E-state index contributed by atoms with van der Waals surface area (Å²) in [5.41, 5.74) is 0. The molecule has 0 saturated carbocycles. The summed E-state index contributed by atoms with van der Waals surface area (Å²) >= 11 is 0. The van der Waals surface area contributed by atoms with Crippen LogP contribution in [-0.2, 0) is 9.84 Å². The fourth-order valence-electron chi connectivity index (χ4n) is 2.17. The van der Waals surface area contributed by atoms with Crippen LogP contribution in [0.2, 0.25) is 0 Å². The summed E-state index contributed by atoms with van der Waals surface area (Å²) in [6, 6.07) is 0.293. The van der Waals surface area contributed by atoms with E-state index in [2.05, 4.69) is 15.5 Å². The second-order valence-corrected chi connectivity index (χ2v) is 7.10. The van der Waals surface area contributed by atoms with Crippen LogP contribution in [0, 0.1) is 0 Å².